The van der Waals surface area contributed by atoms with Crippen LogP contribution < -0.4 is 0 Å². The fourth-order valence-electron chi connectivity index (χ4n) is 3.66. The molecule has 5 nitrogen and oxygen atoms in total. The molecule has 188 valence electrons. The zero-order valence-corrected chi connectivity index (χ0v) is 23.7. The van der Waals surface area contributed by atoms with Crippen LogP contribution in [0.15, 0.2) is 12.2 Å². The van der Waals surface area contributed by atoms with Gasteiger partial charge in [-0.15, -0.1) is 0 Å². The van der Waals surface area contributed by atoms with Crippen LogP contribution in [0.4, 0.5) is 0 Å². The fourth-order valence-corrected chi connectivity index (χ4v) is 18.8. The van der Waals surface area contributed by atoms with Crippen LogP contribution in [0, 0.1) is 0 Å². The van der Waals surface area contributed by atoms with Gasteiger partial charge in [-0.1, -0.05) is 41.2 Å². The maximum atomic E-state index is 11.5. The third kappa shape index (κ3) is 17.9. The van der Waals surface area contributed by atoms with E-state index in [9.17, 15) is 4.79 Å². The van der Waals surface area contributed by atoms with E-state index in [2.05, 4.69) is 65.2 Å². The highest BCUT2D eigenvalue weighted by molar-refractivity contribution is 6.88. The van der Waals surface area contributed by atoms with Crippen molar-refractivity contribution in [2.75, 3.05) is 27.2 Å². The van der Waals surface area contributed by atoms with E-state index in [1.165, 1.54) is 31.4 Å². The topological polar surface area (TPSA) is 48.0 Å². The second kappa shape index (κ2) is 16.4. The molecule has 0 radical (unpaired) electrons. The zero-order valence-electron chi connectivity index (χ0n) is 20.7. The van der Waals surface area contributed by atoms with Crippen molar-refractivity contribution in [3.05, 3.63) is 12.2 Å². The lowest BCUT2D eigenvalue weighted by molar-refractivity contribution is -0.138. The molecule has 0 aliphatic carbocycles. The average molecular weight is 494 g/mol. The number of carbonyl (C=O) groups excluding carboxylic acids is 1. The average Bonchev–Trinajstić information content (AvgIpc) is 2.54. The molecule has 0 aromatic rings. The summed E-state index contributed by atoms with van der Waals surface area (Å²) in [6.07, 6.45) is 4.48. The summed E-state index contributed by atoms with van der Waals surface area (Å²) >= 11 is 0. The van der Waals surface area contributed by atoms with Crippen molar-refractivity contribution in [2.24, 2.45) is 0 Å². The molecule has 0 aromatic carbocycles. The van der Waals surface area contributed by atoms with Crippen molar-refractivity contribution in [1.29, 1.82) is 0 Å². The van der Waals surface area contributed by atoms with Gasteiger partial charge in [0.15, 0.2) is 16.6 Å². The highest BCUT2D eigenvalue weighted by atomic mass is 28.5. The number of esters is 1. The van der Waals surface area contributed by atoms with Crippen LogP contribution in [-0.4, -0.2) is 63.3 Å². The molecule has 0 rings (SSSR count). The molecule has 0 heterocycles. The van der Waals surface area contributed by atoms with Gasteiger partial charge in [-0.2, -0.15) is 0 Å². The van der Waals surface area contributed by atoms with E-state index in [4.69, 9.17) is 13.0 Å². The maximum absolute atomic E-state index is 11.5. The first-order valence-corrected chi connectivity index (χ1v) is 19.8. The Hall–Kier alpha value is -0.259. The van der Waals surface area contributed by atoms with Gasteiger partial charge in [-0.3, -0.25) is 0 Å². The molecule has 0 aliphatic rings. The van der Waals surface area contributed by atoms with Crippen LogP contribution in [0.1, 0.15) is 54.4 Å². The Morgan fingerprint density at radius 2 is 1.45 bits per heavy atom. The molecule has 8 heteroatoms. The van der Waals surface area contributed by atoms with Gasteiger partial charge in [0, 0.05) is 5.57 Å². The summed E-state index contributed by atoms with van der Waals surface area (Å²) in [4.78, 5) is 13.8. The Bertz CT molecular complexity index is 513. The minimum atomic E-state index is -2.21. The highest BCUT2D eigenvalue weighted by Crippen LogP contribution is 2.29. The first-order valence-electron chi connectivity index (χ1n) is 11.1. The first kappa shape index (κ1) is 35.3. The van der Waals surface area contributed by atoms with Gasteiger partial charge in [0.25, 0.3) is 0 Å². The Morgan fingerprint density at radius 3 is 1.94 bits per heavy atom. The summed E-state index contributed by atoms with van der Waals surface area (Å²) < 4.78 is 18.8. The molecule has 0 aromatic heterocycles. The summed E-state index contributed by atoms with van der Waals surface area (Å²) in [5.74, 6) is -0.307. The van der Waals surface area contributed by atoms with E-state index < -0.39 is 25.2 Å². The van der Waals surface area contributed by atoms with Gasteiger partial charge in [0.05, 0.1) is 6.61 Å². The summed E-state index contributed by atoms with van der Waals surface area (Å²) in [7, 11) is -1.61. The van der Waals surface area contributed by atoms with Crippen LogP contribution in [0.2, 0.25) is 50.9 Å². The standard InChI is InChI=1S/C21H47NO4Si3.2CH4/c1-11-12-18-29(10,19-13-15-22(4)5)26-28(8,9)25-27(6,7)17-14-16-24-21(23)20(2)3;;/h2,11-19H2,1,3-10H3;2*1H4. The predicted molar refractivity (Wildman–Crippen MR) is 145 cm³/mol. The number of hydrogen-bond donors (Lipinski definition) is 0. The normalized spacial score (nSPS) is 13.7. The Balaban J connectivity index is -0.00000392. The molecule has 0 spiro atoms. The third-order valence-electron chi connectivity index (χ3n) is 4.89. The molecule has 0 saturated carbocycles. The molecule has 31 heavy (non-hydrogen) atoms. The summed E-state index contributed by atoms with van der Waals surface area (Å²) in [5, 5.41) is 0. The molecule has 1 unspecified atom stereocenters. The van der Waals surface area contributed by atoms with Crippen LogP contribution in [0.5, 0.6) is 0 Å². The van der Waals surface area contributed by atoms with E-state index in [1.807, 2.05) is 0 Å². The number of unbranched alkanes of at least 4 members (excludes halogenated alkanes) is 1. The molecule has 0 aliphatic heterocycles. The number of carbonyl (C=O) groups is 1. The lowest BCUT2D eigenvalue weighted by Crippen LogP contribution is -2.53. The maximum Gasteiger partial charge on any atom is 0.333 e. The molecular weight excluding hydrogens is 439 g/mol. The van der Waals surface area contributed by atoms with E-state index >= 15 is 0 Å². The minimum absolute atomic E-state index is 0. The third-order valence-corrected chi connectivity index (χ3v) is 17.4. The van der Waals surface area contributed by atoms with Gasteiger partial charge in [-0.25, -0.2) is 4.79 Å². The van der Waals surface area contributed by atoms with Crippen LogP contribution in [0.3, 0.4) is 0 Å². The number of ether oxygens (including phenoxy) is 1. The fraction of sp³-hybridized carbons (Fsp3) is 0.870. The van der Waals surface area contributed by atoms with Crippen molar-refractivity contribution in [1.82, 2.24) is 4.90 Å². The lowest BCUT2D eigenvalue weighted by Gasteiger charge is -2.40. The molecule has 1 atom stereocenters. The van der Waals surface area contributed by atoms with Crippen molar-refractivity contribution in [3.63, 3.8) is 0 Å². The van der Waals surface area contributed by atoms with E-state index in [0.29, 0.717) is 12.2 Å². The summed E-state index contributed by atoms with van der Waals surface area (Å²) in [6, 6.07) is 3.38. The summed E-state index contributed by atoms with van der Waals surface area (Å²) in [5.41, 5.74) is 0.449. The van der Waals surface area contributed by atoms with Crippen LogP contribution >= 0.6 is 0 Å². The zero-order chi connectivity index (χ0) is 22.7. The van der Waals surface area contributed by atoms with Gasteiger partial charge < -0.3 is 17.9 Å². The van der Waals surface area contributed by atoms with Gasteiger partial charge in [0.2, 0.25) is 0 Å². The number of nitrogens with zero attached hydrogens (tertiary/aromatic N) is 1. The highest BCUT2D eigenvalue weighted by Gasteiger charge is 2.41. The predicted octanol–water partition coefficient (Wildman–Crippen LogP) is 7.04. The molecule has 0 amide bonds. The molecule has 0 N–H and O–H groups in total. The SMILES string of the molecule is C.C.C=C(C)C(=O)OCCC[Si](C)(C)O[Si](C)(C)O[Si](C)(CCCC)CCCN(C)C. The number of hydrogen-bond acceptors (Lipinski definition) is 5. The lowest BCUT2D eigenvalue weighted by atomic mass is 10.4. The van der Waals surface area contributed by atoms with Crippen molar-refractivity contribution in [2.45, 2.75) is 105 Å². The number of rotatable bonds is 16. The monoisotopic (exact) mass is 493 g/mol. The second-order valence-electron chi connectivity index (χ2n) is 9.84. The first-order chi connectivity index (χ1) is 13.2. The Labute approximate surface area is 198 Å². The summed E-state index contributed by atoms with van der Waals surface area (Å²) in [6.45, 7) is 20.4. The van der Waals surface area contributed by atoms with E-state index in [0.717, 1.165) is 19.0 Å². The molecule has 0 saturated heterocycles. The Kier molecular flexibility index (Phi) is 18.7. The van der Waals surface area contributed by atoms with Gasteiger partial charge >= 0.3 is 14.5 Å². The van der Waals surface area contributed by atoms with E-state index in [-0.39, 0.29) is 20.8 Å². The smallest absolute Gasteiger partial charge is 0.333 e. The van der Waals surface area contributed by atoms with Crippen molar-refractivity contribution in [3.8, 4) is 0 Å². The van der Waals surface area contributed by atoms with Crippen LogP contribution in [-0.2, 0) is 17.8 Å². The van der Waals surface area contributed by atoms with Crippen molar-refractivity contribution < 1.29 is 17.8 Å². The quantitative estimate of drug-likeness (QED) is 0.0999. The van der Waals surface area contributed by atoms with E-state index in [1.54, 1.807) is 6.92 Å². The Morgan fingerprint density at radius 1 is 0.903 bits per heavy atom. The van der Waals surface area contributed by atoms with Gasteiger partial charge in [0.1, 0.15) is 0 Å². The van der Waals surface area contributed by atoms with Crippen LogP contribution in [0.25, 0.3) is 0 Å². The second-order valence-corrected chi connectivity index (χ2v) is 22.2. The molecule has 0 fully saturated rings. The van der Waals surface area contributed by atoms with Crippen molar-refractivity contribution >= 4 is 31.2 Å². The van der Waals surface area contributed by atoms with Gasteiger partial charge in [-0.05, 0) is 91.3 Å². The minimum Gasteiger partial charge on any atom is -0.462 e. The largest absolute Gasteiger partial charge is 0.462 e. The molecule has 0 bridgehead atoms. The molecular formula is C23H55NO4Si3.